The van der Waals surface area contributed by atoms with Gasteiger partial charge in [0.1, 0.15) is 24.0 Å². The Bertz CT molecular complexity index is 838. The van der Waals surface area contributed by atoms with Crippen molar-refractivity contribution in [2.75, 3.05) is 19.7 Å². The number of alkyl halides is 3. The molecule has 176 valence electrons. The van der Waals surface area contributed by atoms with E-state index in [1.54, 1.807) is 0 Å². The number of imide groups is 1. The number of amides is 4. The van der Waals surface area contributed by atoms with E-state index >= 15 is 0 Å². The van der Waals surface area contributed by atoms with Gasteiger partial charge in [0.15, 0.2) is 0 Å². The van der Waals surface area contributed by atoms with Crippen molar-refractivity contribution in [2.45, 2.75) is 56.3 Å². The third kappa shape index (κ3) is 5.70. The van der Waals surface area contributed by atoms with Crippen molar-refractivity contribution in [3.63, 3.8) is 0 Å². The highest BCUT2D eigenvalue weighted by molar-refractivity contribution is 6.07. The number of carbonyl (C=O) groups is 3. The number of ether oxygens (including phenoxy) is 1. The van der Waals surface area contributed by atoms with Crippen LogP contribution in [-0.4, -0.2) is 59.2 Å². The molecule has 1 aliphatic carbocycles. The zero-order valence-corrected chi connectivity index (χ0v) is 17.4. The molecule has 1 spiro atoms. The highest BCUT2D eigenvalue weighted by Crippen LogP contribution is 2.35. The molecule has 0 radical (unpaired) electrons. The summed E-state index contributed by atoms with van der Waals surface area (Å²) in [7, 11) is 0. The van der Waals surface area contributed by atoms with Gasteiger partial charge in [-0.05, 0) is 43.5 Å². The van der Waals surface area contributed by atoms with E-state index < -0.39 is 29.4 Å². The monoisotopic (exact) mass is 457 g/mol. The molecule has 2 aliphatic rings. The molecule has 0 aromatic heterocycles. The van der Waals surface area contributed by atoms with Crippen molar-refractivity contribution in [1.29, 1.82) is 0 Å². The zero-order valence-electron chi connectivity index (χ0n) is 17.4. The quantitative estimate of drug-likeness (QED) is 0.493. The first-order valence-electron chi connectivity index (χ1n) is 10.5. The summed E-state index contributed by atoms with van der Waals surface area (Å²) in [6.07, 6.45) is -2.07. The number of aliphatic hydroxyl groups excluding tert-OH is 1. The number of carbonyl (C=O) groups excluding carboxylic acids is 3. The molecule has 1 heterocycles. The number of halogens is 3. The largest absolute Gasteiger partial charge is 0.491 e. The SMILES string of the molecule is O=C(CCCN1C(=O)NC2(CCCC2)C1=O)NCC(O)COc1ccc(C(F)(F)F)cc1. The molecule has 1 saturated heterocycles. The lowest BCUT2D eigenvalue weighted by molar-refractivity contribution is -0.137. The second-order valence-electron chi connectivity index (χ2n) is 8.07. The van der Waals surface area contributed by atoms with Gasteiger partial charge in [0.25, 0.3) is 5.91 Å². The van der Waals surface area contributed by atoms with Gasteiger partial charge in [0, 0.05) is 19.5 Å². The summed E-state index contributed by atoms with van der Waals surface area (Å²) in [4.78, 5) is 37.7. The third-order valence-corrected chi connectivity index (χ3v) is 5.65. The Morgan fingerprint density at radius 3 is 2.50 bits per heavy atom. The van der Waals surface area contributed by atoms with E-state index in [1.807, 2.05) is 0 Å². The van der Waals surface area contributed by atoms with E-state index in [9.17, 15) is 32.7 Å². The van der Waals surface area contributed by atoms with E-state index in [0.717, 1.165) is 42.0 Å². The minimum Gasteiger partial charge on any atom is -0.491 e. The Hall–Kier alpha value is -2.82. The van der Waals surface area contributed by atoms with Crippen LogP contribution in [0, 0.1) is 0 Å². The molecule has 3 rings (SSSR count). The molecule has 3 N–H and O–H groups in total. The number of nitrogens with zero attached hydrogens (tertiary/aromatic N) is 1. The van der Waals surface area contributed by atoms with E-state index in [4.69, 9.17) is 4.74 Å². The molecule has 1 atom stereocenters. The van der Waals surface area contributed by atoms with Crippen LogP contribution in [0.25, 0.3) is 0 Å². The van der Waals surface area contributed by atoms with Gasteiger partial charge >= 0.3 is 12.2 Å². The molecule has 0 bridgehead atoms. The lowest BCUT2D eigenvalue weighted by Gasteiger charge is -2.20. The summed E-state index contributed by atoms with van der Waals surface area (Å²) in [5.41, 5.74) is -1.57. The van der Waals surface area contributed by atoms with Gasteiger partial charge in [-0.3, -0.25) is 14.5 Å². The maximum Gasteiger partial charge on any atom is 0.416 e. The lowest BCUT2D eigenvalue weighted by atomic mass is 9.98. The molecule has 32 heavy (non-hydrogen) atoms. The molecule has 1 unspecified atom stereocenters. The molecule has 1 aromatic rings. The van der Waals surface area contributed by atoms with Crippen molar-refractivity contribution in [1.82, 2.24) is 15.5 Å². The van der Waals surface area contributed by atoms with Crippen molar-refractivity contribution >= 4 is 17.8 Å². The summed E-state index contributed by atoms with van der Waals surface area (Å²) in [5, 5.41) is 15.2. The summed E-state index contributed by atoms with van der Waals surface area (Å²) < 4.78 is 42.8. The van der Waals surface area contributed by atoms with Gasteiger partial charge in [0.2, 0.25) is 5.91 Å². The molecular weight excluding hydrogens is 431 g/mol. The van der Waals surface area contributed by atoms with E-state index in [0.29, 0.717) is 19.3 Å². The number of urea groups is 1. The van der Waals surface area contributed by atoms with Crippen LogP contribution in [0.15, 0.2) is 24.3 Å². The fourth-order valence-electron chi connectivity index (χ4n) is 3.91. The van der Waals surface area contributed by atoms with Crippen molar-refractivity contribution < 1.29 is 37.4 Å². The number of benzene rings is 1. The van der Waals surface area contributed by atoms with Gasteiger partial charge in [-0.2, -0.15) is 13.2 Å². The number of hydrogen-bond acceptors (Lipinski definition) is 5. The third-order valence-electron chi connectivity index (χ3n) is 5.65. The van der Waals surface area contributed by atoms with Crippen LogP contribution in [0.1, 0.15) is 44.1 Å². The van der Waals surface area contributed by atoms with Crippen LogP contribution < -0.4 is 15.4 Å². The zero-order chi connectivity index (χ0) is 23.4. The summed E-state index contributed by atoms with van der Waals surface area (Å²) in [6, 6.07) is 3.64. The van der Waals surface area contributed by atoms with Crippen LogP contribution in [0.3, 0.4) is 0 Å². The fraction of sp³-hybridized carbons (Fsp3) is 0.571. The predicted molar refractivity (Wildman–Crippen MR) is 107 cm³/mol. The Morgan fingerprint density at radius 1 is 1.22 bits per heavy atom. The number of nitrogens with one attached hydrogen (secondary N) is 2. The maximum absolute atomic E-state index is 12.5. The first kappa shape index (κ1) is 23.8. The topological polar surface area (TPSA) is 108 Å². The van der Waals surface area contributed by atoms with Crippen molar-refractivity contribution in [3.8, 4) is 5.75 Å². The van der Waals surface area contributed by atoms with E-state index in [1.165, 1.54) is 0 Å². The number of hydrogen-bond donors (Lipinski definition) is 3. The average molecular weight is 457 g/mol. The van der Waals surface area contributed by atoms with Crippen LogP contribution in [0.2, 0.25) is 0 Å². The Labute approximate surface area is 183 Å². The van der Waals surface area contributed by atoms with Crippen LogP contribution in [-0.2, 0) is 15.8 Å². The standard InChI is InChI=1S/C21H26F3N3O5/c22-21(23,24)14-5-7-16(8-6-14)32-13-15(28)12-25-17(29)4-3-11-27-18(30)20(26-19(27)31)9-1-2-10-20/h5-8,15,28H,1-4,9-13H2,(H,25,29)(H,26,31). The molecule has 11 heteroatoms. The molecule has 8 nitrogen and oxygen atoms in total. The molecule has 2 fully saturated rings. The number of rotatable bonds is 9. The molecule has 1 aliphatic heterocycles. The summed E-state index contributed by atoms with van der Waals surface area (Å²) >= 11 is 0. The lowest BCUT2D eigenvalue weighted by Crippen LogP contribution is -2.44. The van der Waals surface area contributed by atoms with Gasteiger partial charge in [-0.25, -0.2) is 4.79 Å². The van der Waals surface area contributed by atoms with Crippen LogP contribution >= 0.6 is 0 Å². The smallest absolute Gasteiger partial charge is 0.416 e. The van der Waals surface area contributed by atoms with E-state index in [2.05, 4.69) is 10.6 Å². The highest BCUT2D eigenvalue weighted by atomic mass is 19.4. The summed E-state index contributed by atoms with van der Waals surface area (Å²) in [6.45, 7) is -0.179. The summed E-state index contributed by atoms with van der Waals surface area (Å²) in [5.74, 6) is -0.422. The van der Waals surface area contributed by atoms with Gasteiger partial charge in [0.05, 0.1) is 5.56 Å². The van der Waals surface area contributed by atoms with Crippen molar-refractivity contribution in [3.05, 3.63) is 29.8 Å². The van der Waals surface area contributed by atoms with Crippen molar-refractivity contribution in [2.24, 2.45) is 0 Å². The fourth-order valence-corrected chi connectivity index (χ4v) is 3.91. The Balaban J connectivity index is 1.32. The van der Waals surface area contributed by atoms with Gasteiger partial charge in [-0.15, -0.1) is 0 Å². The van der Waals surface area contributed by atoms with Crippen LogP contribution in [0.5, 0.6) is 5.75 Å². The normalized spacial score (nSPS) is 18.7. The second kappa shape index (κ2) is 9.76. The molecular formula is C21H26F3N3O5. The van der Waals surface area contributed by atoms with Gasteiger partial charge in [-0.1, -0.05) is 12.8 Å². The predicted octanol–water partition coefficient (Wildman–Crippen LogP) is 2.21. The Kier molecular flexibility index (Phi) is 7.27. The number of aliphatic hydroxyl groups is 1. The maximum atomic E-state index is 12.5. The Morgan fingerprint density at radius 2 is 1.88 bits per heavy atom. The molecule has 1 aromatic carbocycles. The average Bonchev–Trinajstić information content (AvgIpc) is 3.30. The first-order chi connectivity index (χ1) is 15.1. The van der Waals surface area contributed by atoms with Gasteiger partial charge < -0.3 is 20.5 Å². The molecule has 1 saturated carbocycles. The second-order valence-corrected chi connectivity index (χ2v) is 8.07. The van der Waals surface area contributed by atoms with Crippen LogP contribution in [0.4, 0.5) is 18.0 Å². The molecule has 4 amide bonds. The minimum absolute atomic E-state index is 0.0660. The minimum atomic E-state index is -4.44. The highest BCUT2D eigenvalue weighted by Gasteiger charge is 2.52. The van der Waals surface area contributed by atoms with E-state index in [-0.39, 0.29) is 43.7 Å². The first-order valence-corrected chi connectivity index (χ1v) is 10.5.